The SMILES string of the molecule is Cc1nn2c(=O)c3c(cc(C)n3CC(=O)N3CCOCC3)nc2s1. The molecule has 1 fully saturated rings. The fourth-order valence-corrected chi connectivity index (χ4v) is 3.75. The Labute approximate surface area is 141 Å². The zero-order chi connectivity index (χ0) is 16.8. The molecule has 0 spiro atoms. The summed E-state index contributed by atoms with van der Waals surface area (Å²) < 4.78 is 8.33. The molecule has 0 atom stereocenters. The second-order valence-electron chi connectivity index (χ2n) is 5.83. The Bertz CT molecular complexity index is 996. The van der Waals surface area contributed by atoms with Crippen LogP contribution in [0.4, 0.5) is 0 Å². The zero-order valence-corrected chi connectivity index (χ0v) is 14.3. The van der Waals surface area contributed by atoms with Crippen LogP contribution in [0.2, 0.25) is 0 Å². The van der Waals surface area contributed by atoms with Crippen molar-refractivity contribution in [2.75, 3.05) is 26.3 Å². The van der Waals surface area contributed by atoms with Crippen LogP contribution in [0, 0.1) is 13.8 Å². The summed E-state index contributed by atoms with van der Waals surface area (Å²) in [6, 6.07) is 1.85. The Hall–Kier alpha value is -2.26. The minimum Gasteiger partial charge on any atom is -0.378 e. The van der Waals surface area contributed by atoms with Crippen LogP contribution < -0.4 is 5.56 Å². The van der Waals surface area contributed by atoms with Crippen LogP contribution >= 0.6 is 11.3 Å². The van der Waals surface area contributed by atoms with E-state index in [0.717, 1.165) is 10.7 Å². The van der Waals surface area contributed by atoms with Crippen LogP contribution in [-0.4, -0.2) is 56.3 Å². The topological polar surface area (TPSA) is 81.7 Å². The molecule has 0 saturated carbocycles. The van der Waals surface area contributed by atoms with E-state index < -0.39 is 0 Å². The van der Waals surface area contributed by atoms with E-state index in [1.165, 1.54) is 15.9 Å². The maximum Gasteiger partial charge on any atom is 0.299 e. The number of fused-ring (bicyclic) bond motifs is 2. The van der Waals surface area contributed by atoms with Crippen molar-refractivity contribution < 1.29 is 9.53 Å². The van der Waals surface area contributed by atoms with Gasteiger partial charge in [-0.25, -0.2) is 4.98 Å². The van der Waals surface area contributed by atoms with E-state index in [-0.39, 0.29) is 18.0 Å². The maximum absolute atomic E-state index is 12.8. The summed E-state index contributed by atoms with van der Waals surface area (Å²) in [4.78, 5) is 32.2. The predicted octanol–water partition coefficient (Wildman–Crippen LogP) is 0.581. The van der Waals surface area contributed by atoms with E-state index >= 15 is 0 Å². The monoisotopic (exact) mass is 347 g/mol. The molecule has 8 nitrogen and oxygen atoms in total. The number of carbonyl (C=O) groups is 1. The van der Waals surface area contributed by atoms with E-state index in [1.807, 2.05) is 19.9 Å². The number of aromatic nitrogens is 4. The lowest BCUT2D eigenvalue weighted by atomic mass is 10.4. The van der Waals surface area contributed by atoms with Gasteiger partial charge in [0.25, 0.3) is 5.56 Å². The van der Waals surface area contributed by atoms with Gasteiger partial charge in [-0.2, -0.15) is 9.61 Å². The van der Waals surface area contributed by atoms with Crippen LogP contribution in [0.25, 0.3) is 16.0 Å². The second-order valence-corrected chi connectivity index (χ2v) is 6.99. The molecule has 4 heterocycles. The number of aryl methyl sites for hydroxylation is 2. The number of morpholine rings is 1. The Balaban J connectivity index is 1.79. The minimum atomic E-state index is -0.234. The maximum atomic E-state index is 12.8. The molecule has 0 aromatic carbocycles. The van der Waals surface area contributed by atoms with Gasteiger partial charge in [-0.15, -0.1) is 0 Å². The van der Waals surface area contributed by atoms with Gasteiger partial charge in [-0.3, -0.25) is 9.59 Å². The Morgan fingerprint density at radius 2 is 2.08 bits per heavy atom. The van der Waals surface area contributed by atoms with Gasteiger partial charge in [0.05, 0.1) is 18.7 Å². The number of carbonyl (C=O) groups excluding carboxylic acids is 1. The molecule has 1 aliphatic rings. The molecule has 0 radical (unpaired) electrons. The summed E-state index contributed by atoms with van der Waals surface area (Å²) in [6.07, 6.45) is 0. The van der Waals surface area contributed by atoms with Crippen LogP contribution in [0.1, 0.15) is 10.7 Å². The van der Waals surface area contributed by atoms with Crippen molar-refractivity contribution >= 4 is 33.2 Å². The third-order valence-electron chi connectivity index (χ3n) is 4.21. The van der Waals surface area contributed by atoms with Crippen molar-refractivity contribution in [1.29, 1.82) is 0 Å². The van der Waals surface area contributed by atoms with Crippen molar-refractivity contribution in [3.63, 3.8) is 0 Å². The largest absolute Gasteiger partial charge is 0.378 e. The molecule has 9 heteroatoms. The highest BCUT2D eigenvalue weighted by Crippen LogP contribution is 2.18. The number of hydrogen-bond donors (Lipinski definition) is 0. The lowest BCUT2D eigenvalue weighted by Crippen LogP contribution is -2.42. The molecule has 3 aromatic rings. The smallest absolute Gasteiger partial charge is 0.299 e. The Morgan fingerprint density at radius 1 is 1.33 bits per heavy atom. The molecule has 1 amide bonds. The normalized spacial score (nSPS) is 15.5. The highest BCUT2D eigenvalue weighted by molar-refractivity contribution is 7.16. The number of nitrogens with zero attached hydrogens (tertiary/aromatic N) is 5. The van der Waals surface area contributed by atoms with Gasteiger partial charge in [-0.05, 0) is 19.9 Å². The van der Waals surface area contributed by atoms with Gasteiger partial charge in [0.1, 0.15) is 17.1 Å². The van der Waals surface area contributed by atoms with Gasteiger partial charge in [0, 0.05) is 18.8 Å². The van der Waals surface area contributed by atoms with E-state index in [9.17, 15) is 9.59 Å². The van der Waals surface area contributed by atoms with Crippen LogP contribution in [-0.2, 0) is 16.1 Å². The molecular formula is C15H17N5O3S. The number of amides is 1. The second kappa shape index (κ2) is 5.67. The van der Waals surface area contributed by atoms with Gasteiger partial charge in [-0.1, -0.05) is 11.3 Å². The summed E-state index contributed by atoms with van der Waals surface area (Å²) in [6.45, 7) is 6.13. The molecule has 0 N–H and O–H groups in total. The first-order chi connectivity index (χ1) is 11.5. The predicted molar refractivity (Wildman–Crippen MR) is 89.5 cm³/mol. The molecule has 126 valence electrons. The molecule has 0 aliphatic carbocycles. The number of ether oxygens (including phenoxy) is 1. The molecule has 0 bridgehead atoms. The molecule has 1 saturated heterocycles. The van der Waals surface area contributed by atoms with E-state index in [0.29, 0.717) is 42.3 Å². The van der Waals surface area contributed by atoms with Crippen molar-refractivity contribution in [2.45, 2.75) is 20.4 Å². The molecule has 3 aromatic heterocycles. The Morgan fingerprint density at radius 3 is 2.83 bits per heavy atom. The zero-order valence-electron chi connectivity index (χ0n) is 13.5. The van der Waals surface area contributed by atoms with Crippen LogP contribution in [0.5, 0.6) is 0 Å². The molecule has 4 rings (SSSR count). The molecular weight excluding hydrogens is 330 g/mol. The van der Waals surface area contributed by atoms with Gasteiger partial charge < -0.3 is 14.2 Å². The van der Waals surface area contributed by atoms with E-state index in [2.05, 4.69) is 10.1 Å². The summed E-state index contributed by atoms with van der Waals surface area (Å²) in [5.41, 5.74) is 1.64. The summed E-state index contributed by atoms with van der Waals surface area (Å²) in [5, 5.41) is 4.99. The van der Waals surface area contributed by atoms with Crippen molar-refractivity contribution in [3.8, 4) is 0 Å². The highest BCUT2D eigenvalue weighted by Gasteiger charge is 2.21. The van der Waals surface area contributed by atoms with Crippen LogP contribution in [0.3, 0.4) is 0 Å². The van der Waals surface area contributed by atoms with Crippen molar-refractivity contribution in [1.82, 2.24) is 24.1 Å². The average Bonchev–Trinajstić information content (AvgIpc) is 3.08. The van der Waals surface area contributed by atoms with Crippen molar-refractivity contribution in [3.05, 3.63) is 27.1 Å². The third kappa shape index (κ3) is 2.40. The summed E-state index contributed by atoms with van der Waals surface area (Å²) in [7, 11) is 0. The first-order valence-corrected chi connectivity index (χ1v) is 8.58. The summed E-state index contributed by atoms with van der Waals surface area (Å²) in [5.74, 6) is -0.0159. The first-order valence-electron chi connectivity index (χ1n) is 7.76. The molecule has 0 unspecified atom stereocenters. The number of rotatable bonds is 2. The lowest BCUT2D eigenvalue weighted by molar-refractivity contribution is -0.135. The van der Waals surface area contributed by atoms with Crippen LogP contribution in [0.15, 0.2) is 10.9 Å². The fraction of sp³-hybridized carbons (Fsp3) is 0.467. The summed E-state index contributed by atoms with van der Waals surface area (Å²) >= 11 is 1.38. The van der Waals surface area contributed by atoms with Gasteiger partial charge >= 0.3 is 0 Å². The van der Waals surface area contributed by atoms with Gasteiger partial charge in [0.15, 0.2) is 0 Å². The fourth-order valence-electron chi connectivity index (χ4n) is 3.01. The highest BCUT2D eigenvalue weighted by atomic mass is 32.1. The van der Waals surface area contributed by atoms with E-state index in [4.69, 9.17) is 4.74 Å². The molecule has 1 aliphatic heterocycles. The van der Waals surface area contributed by atoms with Gasteiger partial charge in [0.2, 0.25) is 10.9 Å². The first kappa shape index (κ1) is 15.3. The average molecular weight is 347 g/mol. The van der Waals surface area contributed by atoms with E-state index in [1.54, 1.807) is 9.47 Å². The standard InChI is InChI=1S/C15H17N5O3S/c1-9-7-11-13(14(22)20-15(16-11)24-10(2)17-20)19(9)8-12(21)18-3-5-23-6-4-18/h7H,3-6,8H2,1-2H3. The quantitative estimate of drug-likeness (QED) is 0.677. The lowest BCUT2D eigenvalue weighted by Gasteiger charge is -2.27. The van der Waals surface area contributed by atoms with Crippen molar-refractivity contribution in [2.24, 2.45) is 0 Å². The third-order valence-corrected chi connectivity index (χ3v) is 5.04. The molecule has 24 heavy (non-hydrogen) atoms. The Kier molecular flexibility index (Phi) is 3.61. The minimum absolute atomic E-state index is 0.0159. The number of hydrogen-bond acceptors (Lipinski definition) is 6.